The molecule has 35 heavy (non-hydrogen) atoms. The van der Waals surface area contributed by atoms with Crippen LogP contribution in [-0.4, -0.2) is 41.6 Å². The van der Waals surface area contributed by atoms with Crippen LogP contribution in [0.25, 0.3) is 11.1 Å². The van der Waals surface area contributed by atoms with Gasteiger partial charge in [0.15, 0.2) is 5.58 Å². The first-order valence-electron chi connectivity index (χ1n) is 11.7. The number of hydrogen-bond donors (Lipinski definition) is 0. The predicted molar refractivity (Wildman–Crippen MR) is 129 cm³/mol. The predicted octanol–water partition coefficient (Wildman–Crippen LogP) is 5.85. The van der Waals surface area contributed by atoms with Gasteiger partial charge in [0.1, 0.15) is 5.69 Å². The molecule has 5 rings (SSSR count). The van der Waals surface area contributed by atoms with Crippen molar-refractivity contribution < 1.29 is 22.4 Å². The Morgan fingerprint density at radius 1 is 0.914 bits per heavy atom. The van der Waals surface area contributed by atoms with E-state index in [0.29, 0.717) is 49.7 Å². The molecule has 2 aromatic carbocycles. The summed E-state index contributed by atoms with van der Waals surface area (Å²) in [5.74, 6) is -0.0835. The van der Waals surface area contributed by atoms with Gasteiger partial charge in [-0.15, -0.1) is 0 Å². The van der Waals surface area contributed by atoms with Gasteiger partial charge in [0, 0.05) is 50.5 Å². The number of alkyl halides is 3. The first-order chi connectivity index (χ1) is 16.9. The van der Waals surface area contributed by atoms with Crippen molar-refractivity contribution in [2.45, 2.75) is 25.6 Å². The van der Waals surface area contributed by atoms with E-state index in [-0.39, 0.29) is 5.91 Å². The molecule has 0 unspecified atom stereocenters. The van der Waals surface area contributed by atoms with E-state index in [9.17, 15) is 18.0 Å². The van der Waals surface area contributed by atoms with Crippen molar-refractivity contribution in [3.8, 4) is 0 Å². The van der Waals surface area contributed by atoms with Gasteiger partial charge in [0.05, 0.1) is 17.3 Å². The highest BCUT2D eigenvalue weighted by Gasteiger charge is 2.31. The Kier molecular flexibility index (Phi) is 6.28. The van der Waals surface area contributed by atoms with Gasteiger partial charge in [-0.05, 0) is 36.6 Å². The van der Waals surface area contributed by atoms with Gasteiger partial charge >= 0.3 is 6.18 Å². The molecule has 1 amide bonds. The van der Waals surface area contributed by atoms with E-state index < -0.39 is 11.7 Å². The van der Waals surface area contributed by atoms with E-state index in [4.69, 9.17) is 4.42 Å². The third kappa shape index (κ3) is 4.92. The van der Waals surface area contributed by atoms with Crippen molar-refractivity contribution in [3.05, 3.63) is 89.8 Å². The average Bonchev–Trinajstić information content (AvgIpc) is 3.46. The summed E-state index contributed by atoms with van der Waals surface area (Å²) in [5, 5.41) is 0. The number of piperazine rings is 1. The smallest absolute Gasteiger partial charge is 0.416 e. The van der Waals surface area contributed by atoms with Crippen LogP contribution in [0.2, 0.25) is 0 Å². The molecule has 0 spiro atoms. The summed E-state index contributed by atoms with van der Waals surface area (Å²) in [6, 6.07) is 19.2. The fourth-order valence-electron chi connectivity index (χ4n) is 4.69. The molecule has 0 aliphatic carbocycles. The molecule has 3 heterocycles. The highest BCUT2D eigenvalue weighted by Crippen LogP contribution is 2.32. The SMILES string of the molecule is O=C(c1cc2occc2n1CCCc1ccccc1)N1CCN(c2cccc(C(F)(F)F)c2)CC1. The molecule has 1 saturated heterocycles. The van der Waals surface area contributed by atoms with Crippen LogP contribution in [0, 0.1) is 0 Å². The zero-order valence-corrected chi connectivity index (χ0v) is 19.2. The van der Waals surface area contributed by atoms with E-state index >= 15 is 0 Å². The maximum atomic E-state index is 13.4. The van der Waals surface area contributed by atoms with Crippen molar-refractivity contribution in [2.75, 3.05) is 31.1 Å². The third-order valence-corrected chi connectivity index (χ3v) is 6.54. The zero-order valence-electron chi connectivity index (χ0n) is 19.2. The van der Waals surface area contributed by atoms with Gasteiger partial charge < -0.3 is 18.8 Å². The lowest BCUT2D eigenvalue weighted by molar-refractivity contribution is -0.137. The van der Waals surface area contributed by atoms with Crippen molar-refractivity contribution in [1.29, 1.82) is 0 Å². The molecule has 0 N–H and O–H groups in total. The van der Waals surface area contributed by atoms with Crippen molar-refractivity contribution in [2.24, 2.45) is 0 Å². The van der Waals surface area contributed by atoms with Crippen LogP contribution in [0.5, 0.6) is 0 Å². The number of hydrogen-bond acceptors (Lipinski definition) is 3. The quantitative estimate of drug-likeness (QED) is 0.347. The van der Waals surface area contributed by atoms with Gasteiger partial charge in [-0.1, -0.05) is 36.4 Å². The van der Waals surface area contributed by atoms with Crippen LogP contribution in [0.1, 0.15) is 28.0 Å². The summed E-state index contributed by atoms with van der Waals surface area (Å²) in [7, 11) is 0. The van der Waals surface area contributed by atoms with Crippen LogP contribution in [0.3, 0.4) is 0 Å². The molecule has 2 aromatic heterocycles. The average molecular weight is 482 g/mol. The van der Waals surface area contributed by atoms with Gasteiger partial charge in [-0.2, -0.15) is 13.2 Å². The lowest BCUT2D eigenvalue weighted by atomic mass is 10.1. The summed E-state index contributed by atoms with van der Waals surface area (Å²) in [5.41, 5.74) is 3.26. The minimum atomic E-state index is -4.38. The highest BCUT2D eigenvalue weighted by molar-refractivity contribution is 5.97. The van der Waals surface area contributed by atoms with Gasteiger partial charge in [0.2, 0.25) is 0 Å². The minimum Gasteiger partial charge on any atom is -0.463 e. The minimum absolute atomic E-state index is 0.0835. The second-order valence-electron chi connectivity index (χ2n) is 8.77. The maximum absolute atomic E-state index is 13.4. The molecule has 5 nitrogen and oxygen atoms in total. The number of rotatable bonds is 6. The molecule has 0 atom stereocenters. The highest BCUT2D eigenvalue weighted by atomic mass is 19.4. The van der Waals surface area contributed by atoms with Crippen molar-refractivity contribution in [1.82, 2.24) is 9.47 Å². The van der Waals surface area contributed by atoms with E-state index in [2.05, 4.69) is 12.1 Å². The molecule has 4 aromatic rings. The van der Waals surface area contributed by atoms with E-state index in [0.717, 1.165) is 24.4 Å². The number of anilines is 1. The summed E-state index contributed by atoms with van der Waals surface area (Å²) in [6.07, 6.45) is -0.971. The second kappa shape index (κ2) is 9.52. The normalized spacial score (nSPS) is 14.6. The number of amides is 1. The number of benzene rings is 2. The summed E-state index contributed by atoms with van der Waals surface area (Å²) in [4.78, 5) is 17.1. The Balaban J connectivity index is 1.27. The molecule has 0 radical (unpaired) electrons. The molecule has 1 aliphatic rings. The van der Waals surface area contributed by atoms with Gasteiger partial charge in [0.25, 0.3) is 5.91 Å². The lowest BCUT2D eigenvalue weighted by Gasteiger charge is -2.36. The van der Waals surface area contributed by atoms with Crippen LogP contribution in [0.15, 0.2) is 77.4 Å². The molecule has 8 heteroatoms. The summed E-state index contributed by atoms with van der Waals surface area (Å²) in [6.45, 7) is 2.50. The van der Waals surface area contributed by atoms with Crippen molar-refractivity contribution >= 4 is 22.7 Å². The van der Waals surface area contributed by atoms with Crippen LogP contribution >= 0.6 is 0 Å². The summed E-state index contributed by atoms with van der Waals surface area (Å²) < 4.78 is 46.9. The molecule has 0 saturated carbocycles. The molecule has 182 valence electrons. The number of carbonyl (C=O) groups is 1. The van der Waals surface area contributed by atoms with Gasteiger partial charge in [-0.25, -0.2) is 0 Å². The monoisotopic (exact) mass is 481 g/mol. The number of aryl methyl sites for hydroxylation is 2. The van der Waals surface area contributed by atoms with Crippen LogP contribution < -0.4 is 4.90 Å². The molecule has 1 aliphatic heterocycles. The number of furan rings is 1. The Morgan fingerprint density at radius 2 is 1.69 bits per heavy atom. The largest absolute Gasteiger partial charge is 0.463 e. The summed E-state index contributed by atoms with van der Waals surface area (Å²) >= 11 is 0. The Labute approximate surface area is 201 Å². The van der Waals surface area contributed by atoms with Gasteiger partial charge in [-0.3, -0.25) is 4.79 Å². The Morgan fingerprint density at radius 3 is 2.43 bits per heavy atom. The number of aromatic nitrogens is 1. The first-order valence-corrected chi connectivity index (χ1v) is 11.7. The molecule has 0 bridgehead atoms. The fourth-order valence-corrected chi connectivity index (χ4v) is 4.69. The van der Waals surface area contributed by atoms with E-state index in [1.165, 1.54) is 17.7 Å². The zero-order chi connectivity index (χ0) is 24.4. The number of carbonyl (C=O) groups excluding carboxylic acids is 1. The number of halogens is 3. The topological polar surface area (TPSA) is 41.6 Å². The standard InChI is InChI=1S/C27H26F3N3O2/c28-27(29,30)21-9-4-10-22(18-21)31-13-15-32(16-14-31)26(34)24-19-25-23(11-17-35-25)33(24)12-5-8-20-6-2-1-3-7-20/h1-4,6-7,9-11,17-19H,5,8,12-16H2. The maximum Gasteiger partial charge on any atom is 0.416 e. The van der Waals surface area contributed by atoms with Crippen LogP contribution in [-0.2, 0) is 19.1 Å². The fraction of sp³-hybridized carbons (Fsp3) is 0.296. The lowest BCUT2D eigenvalue weighted by Crippen LogP contribution is -2.49. The Hall–Kier alpha value is -3.68. The van der Waals surface area contributed by atoms with E-state index in [1.54, 1.807) is 23.3 Å². The molecule has 1 fully saturated rings. The Bertz CT molecular complexity index is 1300. The second-order valence-corrected chi connectivity index (χ2v) is 8.77. The van der Waals surface area contributed by atoms with Crippen molar-refractivity contribution in [3.63, 3.8) is 0 Å². The number of fused-ring (bicyclic) bond motifs is 1. The first kappa shape index (κ1) is 23.1. The molecular formula is C27H26F3N3O2. The van der Waals surface area contributed by atoms with Crippen LogP contribution in [0.4, 0.5) is 18.9 Å². The molecular weight excluding hydrogens is 455 g/mol. The third-order valence-electron chi connectivity index (χ3n) is 6.54. The number of nitrogens with zero attached hydrogens (tertiary/aromatic N) is 3. The van der Waals surface area contributed by atoms with E-state index in [1.807, 2.05) is 33.7 Å².